The summed E-state index contributed by atoms with van der Waals surface area (Å²) in [7, 11) is 0. The second kappa shape index (κ2) is 8.42. The molecule has 26 heavy (non-hydrogen) atoms. The zero-order chi connectivity index (χ0) is 17.8. The van der Waals surface area contributed by atoms with Gasteiger partial charge in [-0.15, -0.1) is 0 Å². The van der Waals surface area contributed by atoms with Gasteiger partial charge in [-0.2, -0.15) is 0 Å². The topological polar surface area (TPSA) is 40.6 Å². The molecule has 0 unspecified atom stereocenters. The minimum atomic E-state index is 0.751. The normalized spacial score (nSPS) is 19.0. The second-order valence-electron chi connectivity index (χ2n) is 7.12. The minimum absolute atomic E-state index is 0.751. The van der Waals surface area contributed by atoms with E-state index in [-0.39, 0.29) is 0 Å². The Morgan fingerprint density at radius 3 is 2.65 bits per heavy atom. The third-order valence-corrected chi connectivity index (χ3v) is 5.52. The van der Waals surface area contributed by atoms with Crippen molar-refractivity contribution in [3.8, 4) is 0 Å². The van der Waals surface area contributed by atoms with Gasteiger partial charge in [0.2, 0.25) is 0 Å². The van der Waals surface area contributed by atoms with Crippen LogP contribution in [0.25, 0.3) is 10.9 Å². The lowest BCUT2D eigenvalue weighted by Gasteiger charge is -2.29. The molecule has 1 aromatic heterocycles. The highest BCUT2D eigenvalue weighted by molar-refractivity contribution is 6.31. The molecule has 1 N–H and O–H groups in total. The number of nitrogens with zero attached hydrogens (tertiary/aromatic N) is 3. The molecular weight excluding hydrogens is 348 g/mol. The highest BCUT2D eigenvalue weighted by Gasteiger charge is 2.15. The maximum atomic E-state index is 6.25. The smallest absolute Gasteiger partial charge is 0.131 e. The molecule has 2 aromatic rings. The Balaban J connectivity index is 1.54. The fourth-order valence-electron chi connectivity index (χ4n) is 3.79. The molecule has 2 aliphatic heterocycles. The largest absolute Gasteiger partial charge is 0.383 e. The van der Waals surface area contributed by atoms with E-state index in [1.54, 1.807) is 0 Å². The molecule has 140 valence electrons. The number of anilines is 2. The molecule has 2 aliphatic rings. The van der Waals surface area contributed by atoms with E-state index in [1.807, 2.05) is 18.2 Å². The first-order chi connectivity index (χ1) is 12.8. The van der Waals surface area contributed by atoms with Crippen LogP contribution in [0.2, 0.25) is 5.02 Å². The van der Waals surface area contributed by atoms with Crippen LogP contribution in [0.1, 0.15) is 19.3 Å². The van der Waals surface area contributed by atoms with Gasteiger partial charge in [-0.05, 0) is 37.5 Å². The van der Waals surface area contributed by atoms with Gasteiger partial charge in [0.25, 0.3) is 0 Å². The van der Waals surface area contributed by atoms with E-state index in [9.17, 15) is 0 Å². The summed E-state index contributed by atoms with van der Waals surface area (Å²) in [5.41, 5.74) is 2.14. The number of piperidine rings is 1. The van der Waals surface area contributed by atoms with Gasteiger partial charge in [-0.25, -0.2) is 4.98 Å². The molecule has 2 fully saturated rings. The average Bonchev–Trinajstić information content (AvgIpc) is 2.69. The van der Waals surface area contributed by atoms with Crippen molar-refractivity contribution >= 4 is 34.0 Å². The van der Waals surface area contributed by atoms with Gasteiger partial charge in [0.1, 0.15) is 5.82 Å². The van der Waals surface area contributed by atoms with Crippen molar-refractivity contribution < 1.29 is 4.74 Å². The van der Waals surface area contributed by atoms with E-state index in [4.69, 9.17) is 21.3 Å². The van der Waals surface area contributed by atoms with Crippen molar-refractivity contribution in [1.29, 1.82) is 0 Å². The van der Waals surface area contributed by atoms with Crippen molar-refractivity contribution in [2.45, 2.75) is 19.3 Å². The van der Waals surface area contributed by atoms with Crippen LogP contribution in [-0.4, -0.2) is 62.4 Å². The fourth-order valence-corrected chi connectivity index (χ4v) is 3.96. The maximum absolute atomic E-state index is 6.25. The lowest BCUT2D eigenvalue weighted by molar-refractivity contribution is 0.0398. The lowest BCUT2D eigenvalue weighted by Crippen LogP contribution is -2.39. The van der Waals surface area contributed by atoms with E-state index >= 15 is 0 Å². The molecule has 0 radical (unpaired) electrons. The van der Waals surface area contributed by atoms with Crippen LogP contribution in [0.4, 0.5) is 11.5 Å². The van der Waals surface area contributed by atoms with Gasteiger partial charge in [0, 0.05) is 61.4 Å². The van der Waals surface area contributed by atoms with Crippen LogP contribution in [0.5, 0.6) is 0 Å². The van der Waals surface area contributed by atoms with Crippen LogP contribution in [-0.2, 0) is 4.74 Å². The average molecular weight is 375 g/mol. The highest BCUT2D eigenvalue weighted by Crippen LogP contribution is 2.30. The molecule has 0 aliphatic carbocycles. The minimum Gasteiger partial charge on any atom is -0.383 e. The number of fused-ring (bicyclic) bond motifs is 1. The van der Waals surface area contributed by atoms with Crippen molar-refractivity contribution in [2.75, 3.05) is 62.7 Å². The molecule has 0 atom stereocenters. The van der Waals surface area contributed by atoms with Gasteiger partial charge in [-0.1, -0.05) is 11.6 Å². The summed E-state index contributed by atoms with van der Waals surface area (Å²) in [6.07, 6.45) is 3.82. The number of nitrogens with one attached hydrogen (secondary N) is 1. The van der Waals surface area contributed by atoms with Crippen molar-refractivity contribution in [3.05, 3.63) is 29.3 Å². The van der Waals surface area contributed by atoms with Gasteiger partial charge in [0.15, 0.2) is 0 Å². The van der Waals surface area contributed by atoms with Crippen molar-refractivity contribution in [1.82, 2.24) is 9.88 Å². The molecule has 2 saturated heterocycles. The number of aromatic nitrogens is 1. The summed E-state index contributed by atoms with van der Waals surface area (Å²) in [6, 6.07) is 8.16. The quantitative estimate of drug-likeness (QED) is 0.865. The number of rotatable bonds is 5. The fraction of sp³-hybridized carbons (Fsp3) is 0.550. The Morgan fingerprint density at radius 1 is 1.04 bits per heavy atom. The summed E-state index contributed by atoms with van der Waals surface area (Å²) in [5, 5.41) is 5.48. The number of hydrogen-bond acceptors (Lipinski definition) is 5. The Morgan fingerprint density at radius 2 is 1.85 bits per heavy atom. The molecule has 4 rings (SSSR count). The van der Waals surface area contributed by atoms with Gasteiger partial charge in [-0.3, -0.25) is 4.90 Å². The van der Waals surface area contributed by atoms with E-state index in [2.05, 4.69) is 21.2 Å². The monoisotopic (exact) mass is 374 g/mol. The maximum Gasteiger partial charge on any atom is 0.131 e. The van der Waals surface area contributed by atoms with Crippen LogP contribution in [0.15, 0.2) is 24.3 Å². The number of benzene rings is 1. The SMILES string of the molecule is Clc1ccc2nc(N3CCCCC3)cc(NCCN3CCOCC3)c2c1. The van der Waals surface area contributed by atoms with E-state index in [0.717, 1.165) is 79.9 Å². The van der Waals surface area contributed by atoms with E-state index in [1.165, 1.54) is 19.3 Å². The second-order valence-corrected chi connectivity index (χ2v) is 7.55. The Labute approximate surface area is 160 Å². The zero-order valence-electron chi connectivity index (χ0n) is 15.2. The summed E-state index contributed by atoms with van der Waals surface area (Å²) in [4.78, 5) is 9.75. The van der Waals surface area contributed by atoms with Crippen LogP contribution in [0.3, 0.4) is 0 Å². The van der Waals surface area contributed by atoms with Crippen molar-refractivity contribution in [2.24, 2.45) is 0 Å². The molecule has 1 aromatic carbocycles. The molecule has 0 saturated carbocycles. The molecule has 0 spiro atoms. The molecule has 0 bridgehead atoms. The van der Waals surface area contributed by atoms with Crippen LogP contribution >= 0.6 is 11.6 Å². The third kappa shape index (κ3) is 4.22. The molecule has 0 amide bonds. The number of morpholine rings is 1. The van der Waals surface area contributed by atoms with Gasteiger partial charge < -0.3 is 15.0 Å². The zero-order valence-corrected chi connectivity index (χ0v) is 16.0. The van der Waals surface area contributed by atoms with Crippen molar-refractivity contribution in [3.63, 3.8) is 0 Å². The summed E-state index contributed by atoms with van der Waals surface area (Å²) in [6.45, 7) is 7.84. The van der Waals surface area contributed by atoms with E-state index < -0.39 is 0 Å². The summed E-state index contributed by atoms with van der Waals surface area (Å²) in [5.74, 6) is 1.08. The lowest BCUT2D eigenvalue weighted by atomic mass is 10.1. The Kier molecular flexibility index (Phi) is 5.78. The first-order valence-electron chi connectivity index (χ1n) is 9.69. The number of halogens is 1. The summed E-state index contributed by atoms with van der Waals surface area (Å²) >= 11 is 6.25. The predicted molar refractivity (Wildman–Crippen MR) is 109 cm³/mol. The predicted octanol–water partition coefficient (Wildman–Crippen LogP) is 3.62. The van der Waals surface area contributed by atoms with Gasteiger partial charge >= 0.3 is 0 Å². The van der Waals surface area contributed by atoms with Gasteiger partial charge in [0.05, 0.1) is 18.7 Å². The molecular formula is C20H27ClN4O. The first-order valence-corrected chi connectivity index (χ1v) is 10.1. The molecule has 3 heterocycles. The standard InChI is InChI=1S/C20H27ClN4O/c21-16-4-5-18-17(14-16)19(22-6-9-24-10-12-26-13-11-24)15-20(23-18)25-7-2-1-3-8-25/h4-5,14-15H,1-3,6-13H2,(H,22,23). The van der Waals surface area contributed by atoms with Crippen LogP contribution in [0, 0.1) is 0 Å². The number of pyridine rings is 1. The van der Waals surface area contributed by atoms with E-state index in [0.29, 0.717) is 0 Å². The Bertz CT molecular complexity index is 742. The summed E-state index contributed by atoms with van der Waals surface area (Å²) < 4.78 is 5.43. The number of ether oxygens (including phenoxy) is 1. The number of hydrogen-bond donors (Lipinski definition) is 1. The molecule has 5 nitrogen and oxygen atoms in total. The highest BCUT2D eigenvalue weighted by atomic mass is 35.5. The van der Waals surface area contributed by atoms with Crippen LogP contribution < -0.4 is 10.2 Å². The Hall–Kier alpha value is -1.56. The third-order valence-electron chi connectivity index (χ3n) is 5.28. The molecule has 6 heteroatoms. The first kappa shape index (κ1) is 17.8.